The molecule has 1 aromatic rings. The zero-order valence-corrected chi connectivity index (χ0v) is 18.4. The molecule has 4 rings (SSSR count). The average molecular weight is 490 g/mol. The standard InChI is InChI=1S/C19H28ClN5.HI/c1-21-19(23-11-16(13-4-5-13)14-6-7-14)24-15-8-10-25(12-15)18-17(20)3-2-9-22-18;/h2-3,9,13-16H,4-8,10-12H2,1H3,(H2,21,23,24);1H. The van der Waals surface area contributed by atoms with Gasteiger partial charge in [-0.1, -0.05) is 11.6 Å². The van der Waals surface area contributed by atoms with Crippen molar-refractivity contribution in [1.29, 1.82) is 0 Å². The van der Waals surface area contributed by atoms with Gasteiger partial charge in [0.05, 0.1) is 5.02 Å². The molecule has 1 atom stereocenters. The fourth-order valence-corrected chi connectivity index (χ4v) is 4.29. The second-order valence-corrected chi connectivity index (χ2v) is 8.08. The molecule has 2 saturated carbocycles. The molecule has 26 heavy (non-hydrogen) atoms. The quantitative estimate of drug-likeness (QED) is 0.365. The van der Waals surface area contributed by atoms with E-state index in [0.717, 1.165) is 60.6 Å². The summed E-state index contributed by atoms with van der Waals surface area (Å²) in [6, 6.07) is 4.16. The number of hydrogen-bond donors (Lipinski definition) is 2. The number of guanidine groups is 1. The van der Waals surface area contributed by atoms with Crippen LogP contribution in [-0.2, 0) is 0 Å². The van der Waals surface area contributed by atoms with Crippen molar-refractivity contribution in [3.05, 3.63) is 23.4 Å². The maximum Gasteiger partial charge on any atom is 0.191 e. The monoisotopic (exact) mass is 489 g/mol. The molecular weight excluding hydrogens is 461 g/mol. The van der Waals surface area contributed by atoms with Gasteiger partial charge in [-0.2, -0.15) is 0 Å². The van der Waals surface area contributed by atoms with Crippen LogP contribution in [0, 0.1) is 17.8 Å². The molecule has 144 valence electrons. The van der Waals surface area contributed by atoms with E-state index in [1.165, 1.54) is 25.7 Å². The molecule has 7 heteroatoms. The summed E-state index contributed by atoms with van der Waals surface area (Å²) in [4.78, 5) is 11.1. The summed E-state index contributed by atoms with van der Waals surface area (Å²) in [7, 11) is 1.86. The van der Waals surface area contributed by atoms with E-state index >= 15 is 0 Å². The number of hydrogen-bond acceptors (Lipinski definition) is 3. The van der Waals surface area contributed by atoms with Gasteiger partial charge in [0.15, 0.2) is 5.96 Å². The Morgan fingerprint density at radius 2 is 2.04 bits per heavy atom. The third-order valence-electron chi connectivity index (χ3n) is 5.75. The first-order valence-electron chi connectivity index (χ1n) is 9.57. The first kappa shape index (κ1) is 20.0. The summed E-state index contributed by atoms with van der Waals surface area (Å²) in [6.07, 6.45) is 8.59. The molecule has 5 nitrogen and oxygen atoms in total. The summed E-state index contributed by atoms with van der Waals surface area (Å²) >= 11 is 6.28. The maximum absolute atomic E-state index is 6.28. The molecule has 0 radical (unpaired) electrons. The Morgan fingerprint density at radius 3 is 2.65 bits per heavy atom. The number of pyridine rings is 1. The van der Waals surface area contributed by atoms with Gasteiger partial charge in [-0.15, -0.1) is 24.0 Å². The molecule has 0 bridgehead atoms. The van der Waals surface area contributed by atoms with Crippen LogP contribution in [0.15, 0.2) is 23.3 Å². The lowest BCUT2D eigenvalue weighted by Crippen LogP contribution is -2.46. The molecule has 1 aliphatic heterocycles. The lowest BCUT2D eigenvalue weighted by Gasteiger charge is -2.22. The van der Waals surface area contributed by atoms with E-state index in [0.29, 0.717) is 6.04 Å². The molecule has 2 aliphatic carbocycles. The molecular formula is C19H29ClIN5. The van der Waals surface area contributed by atoms with E-state index in [4.69, 9.17) is 11.6 Å². The van der Waals surface area contributed by atoms with E-state index in [-0.39, 0.29) is 24.0 Å². The second-order valence-electron chi connectivity index (χ2n) is 7.68. The van der Waals surface area contributed by atoms with Gasteiger partial charge >= 0.3 is 0 Å². The predicted octanol–water partition coefficient (Wildman–Crippen LogP) is 3.53. The van der Waals surface area contributed by atoms with Crippen LogP contribution in [0.4, 0.5) is 5.82 Å². The zero-order chi connectivity index (χ0) is 17.2. The molecule has 2 N–H and O–H groups in total. The summed E-state index contributed by atoms with van der Waals surface area (Å²) in [5, 5.41) is 7.89. The summed E-state index contributed by atoms with van der Waals surface area (Å²) < 4.78 is 0. The second kappa shape index (κ2) is 8.95. The highest BCUT2D eigenvalue weighted by molar-refractivity contribution is 14.0. The van der Waals surface area contributed by atoms with E-state index in [9.17, 15) is 0 Å². The fourth-order valence-electron chi connectivity index (χ4n) is 4.05. The van der Waals surface area contributed by atoms with Gasteiger partial charge in [0.25, 0.3) is 0 Å². The van der Waals surface area contributed by atoms with Gasteiger partial charge in [0.1, 0.15) is 5.82 Å². The number of aromatic nitrogens is 1. The number of halogens is 2. The molecule has 0 aromatic carbocycles. The summed E-state index contributed by atoms with van der Waals surface area (Å²) in [5.41, 5.74) is 0. The minimum absolute atomic E-state index is 0. The van der Waals surface area contributed by atoms with Crippen LogP contribution in [-0.4, -0.2) is 43.7 Å². The largest absolute Gasteiger partial charge is 0.356 e. The van der Waals surface area contributed by atoms with Crippen LogP contribution >= 0.6 is 35.6 Å². The Balaban J connectivity index is 0.00000196. The van der Waals surface area contributed by atoms with Gasteiger partial charge in [-0.25, -0.2) is 4.98 Å². The van der Waals surface area contributed by atoms with Crippen LogP contribution in [0.5, 0.6) is 0 Å². The Morgan fingerprint density at radius 1 is 1.31 bits per heavy atom. The topological polar surface area (TPSA) is 52.6 Å². The van der Waals surface area contributed by atoms with E-state index in [1.807, 2.05) is 19.2 Å². The molecule has 0 spiro atoms. The SMILES string of the molecule is CN=C(NCC(C1CC1)C1CC1)NC1CCN(c2ncccc2Cl)C1.I. The van der Waals surface area contributed by atoms with Crippen molar-refractivity contribution < 1.29 is 0 Å². The van der Waals surface area contributed by atoms with Gasteiger partial charge in [0, 0.05) is 38.9 Å². The number of nitrogens with one attached hydrogen (secondary N) is 2. The normalized spacial score (nSPS) is 23.1. The summed E-state index contributed by atoms with van der Waals surface area (Å²) in [6.45, 7) is 2.95. The van der Waals surface area contributed by atoms with Crippen molar-refractivity contribution in [3.63, 3.8) is 0 Å². The summed E-state index contributed by atoms with van der Waals surface area (Å²) in [5.74, 6) is 4.60. The third-order valence-corrected chi connectivity index (χ3v) is 6.05. The molecule has 0 amide bonds. The lowest BCUT2D eigenvalue weighted by molar-refractivity contribution is 0.399. The van der Waals surface area contributed by atoms with Crippen molar-refractivity contribution in [2.45, 2.75) is 38.1 Å². The van der Waals surface area contributed by atoms with Crippen molar-refractivity contribution in [2.75, 3.05) is 31.6 Å². The van der Waals surface area contributed by atoms with Crippen molar-refractivity contribution in [3.8, 4) is 0 Å². The van der Waals surface area contributed by atoms with Crippen LogP contribution in [0.25, 0.3) is 0 Å². The highest BCUT2D eigenvalue weighted by atomic mass is 127. The molecule has 3 fully saturated rings. The minimum atomic E-state index is 0. The number of aliphatic imine (C=N–C) groups is 1. The maximum atomic E-state index is 6.28. The molecule has 1 unspecified atom stereocenters. The van der Waals surface area contributed by atoms with E-state index in [2.05, 4.69) is 25.5 Å². The Kier molecular flexibility index (Phi) is 6.88. The van der Waals surface area contributed by atoms with Crippen LogP contribution < -0.4 is 15.5 Å². The number of anilines is 1. The van der Waals surface area contributed by atoms with E-state index < -0.39 is 0 Å². The predicted molar refractivity (Wildman–Crippen MR) is 119 cm³/mol. The van der Waals surface area contributed by atoms with Crippen molar-refractivity contribution >= 4 is 47.4 Å². The molecule has 2 heterocycles. The third kappa shape index (κ3) is 4.94. The van der Waals surface area contributed by atoms with Gasteiger partial charge in [-0.3, -0.25) is 4.99 Å². The molecule has 3 aliphatic rings. The van der Waals surface area contributed by atoms with Crippen LogP contribution in [0.3, 0.4) is 0 Å². The molecule has 1 aromatic heterocycles. The van der Waals surface area contributed by atoms with Crippen molar-refractivity contribution in [2.24, 2.45) is 22.7 Å². The molecule has 1 saturated heterocycles. The first-order valence-corrected chi connectivity index (χ1v) is 9.95. The van der Waals surface area contributed by atoms with Crippen molar-refractivity contribution in [1.82, 2.24) is 15.6 Å². The highest BCUT2D eigenvalue weighted by Crippen LogP contribution is 2.48. The lowest BCUT2D eigenvalue weighted by atomic mass is 9.98. The van der Waals surface area contributed by atoms with Gasteiger partial charge < -0.3 is 15.5 Å². The number of nitrogens with zero attached hydrogens (tertiary/aromatic N) is 3. The highest BCUT2D eigenvalue weighted by Gasteiger charge is 2.41. The van der Waals surface area contributed by atoms with Gasteiger partial charge in [0.2, 0.25) is 0 Å². The Bertz CT molecular complexity index is 620. The van der Waals surface area contributed by atoms with Gasteiger partial charge in [-0.05, 0) is 62.0 Å². The average Bonchev–Trinajstić information content (AvgIpc) is 3.55. The van der Waals surface area contributed by atoms with Crippen LogP contribution in [0.2, 0.25) is 5.02 Å². The smallest absolute Gasteiger partial charge is 0.191 e. The Labute approximate surface area is 178 Å². The Hall–Kier alpha value is -0.760. The number of rotatable bonds is 6. The van der Waals surface area contributed by atoms with Crippen LogP contribution in [0.1, 0.15) is 32.1 Å². The first-order chi connectivity index (χ1) is 12.2. The minimum Gasteiger partial charge on any atom is -0.356 e. The van der Waals surface area contributed by atoms with E-state index in [1.54, 1.807) is 6.20 Å². The fraction of sp³-hybridized carbons (Fsp3) is 0.684. The zero-order valence-electron chi connectivity index (χ0n) is 15.3.